The highest BCUT2D eigenvalue weighted by Gasteiger charge is 2.28. The van der Waals surface area contributed by atoms with E-state index < -0.39 is 0 Å². The summed E-state index contributed by atoms with van der Waals surface area (Å²) in [4.78, 5) is 13.2. The van der Waals surface area contributed by atoms with Gasteiger partial charge in [-0.15, -0.1) is 5.10 Å². The summed E-state index contributed by atoms with van der Waals surface area (Å²) >= 11 is 0. The van der Waals surface area contributed by atoms with Gasteiger partial charge in [0.1, 0.15) is 0 Å². The normalized spacial score (nSPS) is 19.6. The van der Waals surface area contributed by atoms with Gasteiger partial charge in [0.25, 0.3) is 0 Å². The van der Waals surface area contributed by atoms with Gasteiger partial charge in [-0.2, -0.15) is 0 Å². The molecule has 94 valence electrons. The zero-order chi connectivity index (χ0) is 12.3. The number of carbonyl (C=O) groups is 1. The van der Waals surface area contributed by atoms with Crippen LogP contribution in [-0.4, -0.2) is 45.7 Å². The molecule has 1 fully saturated rings. The first-order valence-corrected chi connectivity index (χ1v) is 5.77. The number of rotatable bonds is 3. The molecule has 0 radical (unpaired) electrons. The van der Waals surface area contributed by atoms with E-state index in [-0.39, 0.29) is 12.1 Å². The molecule has 1 amide bonds. The van der Waals surface area contributed by atoms with E-state index in [2.05, 4.69) is 10.3 Å². The van der Waals surface area contributed by atoms with Crippen molar-refractivity contribution in [2.45, 2.75) is 25.9 Å². The van der Waals surface area contributed by atoms with Gasteiger partial charge in [0.05, 0.1) is 24.5 Å². The van der Waals surface area contributed by atoms with Crippen LogP contribution in [0.15, 0.2) is 6.20 Å². The Labute approximate surface area is 99.5 Å². The van der Waals surface area contributed by atoms with Gasteiger partial charge in [-0.3, -0.25) is 0 Å². The standard InChI is InChI=1S/C10H17N5O2/c1-2-17-10(16)14-4-3-9(7-14)15-6-8(5-11)12-13-15/h6,9H,2-5,7,11H2,1H3/t9-/m0/s1. The summed E-state index contributed by atoms with van der Waals surface area (Å²) in [6, 6.07) is 0.173. The van der Waals surface area contributed by atoms with E-state index in [9.17, 15) is 4.79 Å². The molecular formula is C10H17N5O2. The molecule has 1 aromatic rings. The SMILES string of the molecule is CCOC(=O)N1CC[C@H](n2cc(CN)nn2)C1. The number of nitrogens with zero attached hydrogens (tertiary/aromatic N) is 4. The average molecular weight is 239 g/mol. The number of amides is 1. The zero-order valence-corrected chi connectivity index (χ0v) is 9.87. The Morgan fingerprint density at radius 2 is 2.53 bits per heavy atom. The number of likely N-dealkylation sites (tertiary alicyclic amines) is 1. The van der Waals surface area contributed by atoms with Crippen LogP contribution in [0.5, 0.6) is 0 Å². The van der Waals surface area contributed by atoms with Crippen LogP contribution in [0.25, 0.3) is 0 Å². The molecule has 0 aliphatic carbocycles. The van der Waals surface area contributed by atoms with Crippen LogP contribution in [0.1, 0.15) is 25.1 Å². The Morgan fingerprint density at radius 3 is 3.18 bits per heavy atom. The minimum atomic E-state index is -0.255. The van der Waals surface area contributed by atoms with Gasteiger partial charge in [-0.05, 0) is 13.3 Å². The van der Waals surface area contributed by atoms with Crippen LogP contribution in [0.2, 0.25) is 0 Å². The third kappa shape index (κ3) is 2.55. The highest BCUT2D eigenvalue weighted by molar-refractivity contribution is 5.67. The summed E-state index contributed by atoms with van der Waals surface area (Å²) in [6.45, 7) is 3.90. The summed E-state index contributed by atoms with van der Waals surface area (Å²) in [6.07, 6.45) is 2.44. The molecule has 2 heterocycles. The second kappa shape index (κ2) is 5.13. The highest BCUT2D eigenvalue weighted by Crippen LogP contribution is 2.21. The Balaban J connectivity index is 1.95. The van der Waals surface area contributed by atoms with E-state index in [1.165, 1.54) is 0 Å². The molecule has 7 nitrogen and oxygen atoms in total. The van der Waals surface area contributed by atoms with E-state index in [0.29, 0.717) is 26.2 Å². The van der Waals surface area contributed by atoms with Crippen LogP contribution >= 0.6 is 0 Å². The third-order valence-electron chi connectivity index (χ3n) is 2.83. The minimum absolute atomic E-state index is 0.173. The molecule has 0 unspecified atom stereocenters. The Hall–Kier alpha value is -1.63. The second-order valence-corrected chi connectivity index (χ2v) is 3.98. The van der Waals surface area contributed by atoms with E-state index in [1.807, 2.05) is 6.20 Å². The molecule has 2 rings (SSSR count). The quantitative estimate of drug-likeness (QED) is 0.810. The largest absolute Gasteiger partial charge is 0.450 e. The maximum atomic E-state index is 11.5. The number of nitrogens with two attached hydrogens (primary N) is 1. The number of aromatic nitrogens is 3. The van der Waals surface area contributed by atoms with Crippen molar-refractivity contribution < 1.29 is 9.53 Å². The first kappa shape index (κ1) is 11.8. The van der Waals surface area contributed by atoms with E-state index in [4.69, 9.17) is 10.5 Å². The van der Waals surface area contributed by atoms with Crippen molar-refractivity contribution in [3.63, 3.8) is 0 Å². The first-order chi connectivity index (χ1) is 8.24. The number of carbonyl (C=O) groups excluding carboxylic acids is 1. The van der Waals surface area contributed by atoms with Gasteiger partial charge < -0.3 is 15.4 Å². The number of ether oxygens (including phenoxy) is 1. The number of hydrogen-bond acceptors (Lipinski definition) is 5. The van der Waals surface area contributed by atoms with Crippen molar-refractivity contribution in [3.05, 3.63) is 11.9 Å². The van der Waals surface area contributed by atoms with Crippen molar-refractivity contribution in [3.8, 4) is 0 Å². The first-order valence-electron chi connectivity index (χ1n) is 5.77. The molecule has 17 heavy (non-hydrogen) atoms. The summed E-state index contributed by atoms with van der Waals surface area (Å²) in [5.74, 6) is 0. The van der Waals surface area contributed by atoms with Crippen LogP contribution in [0.3, 0.4) is 0 Å². The molecular weight excluding hydrogens is 222 g/mol. The summed E-state index contributed by atoms with van der Waals surface area (Å²) < 4.78 is 6.74. The highest BCUT2D eigenvalue weighted by atomic mass is 16.6. The van der Waals surface area contributed by atoms with Crippen molar-refractivity contribution in [2.24, 2.45) is 5.73 Å². The lowest BCUT2D eigenvalue weighted by Gasteiger charge is -2.15. The van der Waals surface area contributed by atoms with Crippen LogP contribution < -0.4 is 5.73 Å². The molecule has 1 atom stereocenters. The number of hydrogen-bond donors (Lipinski definition) is 1. The average Bonchev–Trinajstić information content (AvgIpc) is 2.98. The van der Waals surface area contributed by atoms with E-state index >= 15 is 0 Å². The van der Waals surface area contributed by atoms with E-state index in [1.54, 1.807) is 16.5 Å². The fourth-order valence-electron chi connectivity index (χ4n) is 1.92. The molecule has 2 N–H and O–H groups in total. The van der Waals surface area contributed by atoms with Gasteiger partial charge in [0.2, 0.25) is 0 Å². The van der Waals surface area contributed by atoms with Crippen molar-refractivity contribution in [2.75, 3.05) is 19.7 Å². The van der Waals surface area contributed by atoms with E-state index in [0.717, 1.165) is 12.1 Å². The van der Waals surface area contributed by atoms with Crippen LogP contribution in [-0.2, 0) is 11.3 Å². The van der Waals surface area contributed by atoms with Crippen molar-refractivity contribution in [1.29, 1.82) is 0 Å². The van der Waals surface area contributed by atoms with Gasteiger partial charge in [0.15, 0.2) is 0 Å². The third-order valence-corrected chi connectivity index (χ3v) is 2.83. The summed E-state index contributed by atoms with van der Waals surface area (Å²) in [7, 11) is 0. The topological polar surface area (TPSA) is 86.3 Å². The fraction of sp³-hybridized carbons (Fsp3) is 0.700. The summed E-state index contributed by atoms with van der Waals surface area (Å²) in [5.41, 5.74) is 6.24. The molecule has 1 saturated heterocycles. The predicted octanol–water partition coefficient (Wildman–Crippen LogP) is 0.140. The molecule has 1 aliphatic rings. The van der Waals surface area contributed by atoms with Crippen molar-refractivity contribution in [1.82, 2.24) is 19.9 Å². The molecule has 1 aromatic heterocycles. The lowest BCUT2D eigenvalue weighted by atomic mass is 10.3. The van der Waals surface area contributed by atoms with Gasteiger partial charge in [-0.1, -0.05) is 5.21 Å². The maximum Gasteiger partial charge on any atom is 0.409 e. The molecule has 0 bridgehead atoms. The van der Waals surface area contributed by atoms with Gasteiger partial charge in [-0.25, -0.2) is 9.48 Å². The molecule has 7 heteroatoms. The van der Waals surface area contributed by atoms with Gasteiger partial charge >= 0.3 is 6.09 Å². The monoisotopic (exact) mass is 239 g/mol. The van der Waals surface area contributed by atoms with Crippen molar-refractivity contribution >= 4 is 6.09 Å². The van der Waals surface area contributed by atoms with Gasteiger partial charge in [0, 0.05) is 19.6 Å². The predicted molar refractivity (Wildman–Crippen MR) is 60.2 cm³/mol. The second-order valence-electron chi connectivity index (χ2n) is 3.98. The zero-order valence-electron chi connectivity index (χ0n) is 9.87. The Morgan fingerprint density at radius 1 is 1.71 bits per heavy atom. The Bertz CT molecular complexity index is 392. The fourth-order valence-corrected chi connectivity index (χ4v) is 1.92. The Kier molecular flexibility index (Phi) is 3.58. The lowest BCUT2D eigenvalue weighted by molar-refractivity contribution is 0.114. The van der Waals surface area contributed by atoms with Crippen LogP contribution in [0, 0.1) is 0 Å². The molecule has 0 aromatic carbocycles. The lowest BCUT2D eigenvalue weighted by Crippen LogP contribution is -2.29. The maximum absolute atomic E-state index is 11.5. The smallest absolute Gasteiger partial charge is 0.409 e. The molecule has 1 aliphatic heterocycles. The summed E-state index contributed by atoms with van der Waals surface area (Å²) in [5, 5.41) is 7.96. The minimum Gasteiger partial charge on any atom is -0.450 e. The molecule has 0 spiro atoms. The molecule has 0 saturated carbocycles. The van der Waals surface area contributed by atoms with Crippen LogP contribution in [0.4, 0.5) is 4.79 Å².